The van der Waals surface area contributed by atoms with Crippen LogP contribution in [0.25, 0.3) is 0 Å². The van der Waals surface area contributed by atoms with Gasteiger partial charge in [0.25, 0.3) is 0 Å². The maximum absolute atomic E-state index is 6.20. The van der Waals surface area contributed by atoms with Gasteiger partial charge in [0.2, 0.25) is 0 Å². The van der Waals surface area contributed by atoms with Gasteiger partial charge in [-0.2, -0.15) is 0 Å². The molecule has 1 fully saturated rings. The average molecular weight is 264 g/mol. The van der Waals surface area contributed by atoms with Crippen LogP contribution in [0.5, 0.6) is 0 Å². The fourth-order valence-corrected chi connectivity index (χ4v) is 3.31. The molecule has 1 aliphatic rings. The molecule has 0 bridgehead atoms. The van der Waals surface area contributed by atoms with Crippen LogP contribution in [0.2, 0.25) is 0 Å². The smallest absolute Gasteiger partial charge is 0.122 e. The van der Waals surface area contributed by atoms with Crippen molar-refractivity contribution in [1.29, 1.82) is 0 Å². The zero-order valence-corrected chi connectivity index (χ0v) is 12.6. The molecule has 0 aromatic carbocycles. The predicted molar refractivity (Wildman–Crippen MR) is 79.0 cm³/mol. The summed E-state index contributed by atoms with van der Waals surface area (Å²) < 4.78 is 5.81. The molecule has 2 unspecified atom stereocenters. The Kier molecular flexibility index (Phi) is 5.06. The van der Waals surface area contributed by atoms with E-state index in [1.54, 1.807) is 0 Å². The molecule has 2 rings (SSSR count). The van der Waals surface area contributed by atoms with Crippen LogP contribution in [0.15, 0.2) is 16.5 Å². The van der Waals surface area contributed by atoms with E-state index in [0.717, 1.165) is 30.5 Å². The molecule has 1 aliphatic heterocycles. The molecule has 3 nitrogen and oxygen atoms in total. The highest BCUT2D eigenvalue weighted by atomic mass is 16.3. The lowest BCUT2D eigenvalue weighted by atomic mass is 9.90. The van der Waals surface area contributed by atoms with Gasteiger partial charge in [-0.15, -0.1) is 0 Å². The second kappa shape index (κ2) is 6.58. The number of likely N-dealkylation sites (tertiary alicyclic amines) is 1. The lowest BCUT2D eigenvalue weighted by Crippen LogP contribution is -2.43. The molecule has 3 heteroatoms. The van der Waals surface area contributed by atoms with Crippen LogP contribution in [0.3, 0.4) is 0 Å². The number of hydrogen-bond donors (Lipinski definition) is 1. The van der Waals surface area contributed by atoms with Crippen molar-refractivity contribution in [2.75, 3.05) is 13.1 Å². The average Bonchev–Trinajstić information content (AvgIpc) is 2.78. The van der Waals surface area contributed by atoms with Crippen molar-refractivity contribution in [1.82, 2.24) is 4.90 Å². The number of rotatable bonds is 5. The molecule has 2 atom stereocenters. The first-order valence-corrected chi connectivity index (χ1v) is 7.67. The van der Waals surface area contributed by atoms with Gasteiger partial charge in [0, 0.05) is 6.04 Å². The Hall–Kier alpha value is -0.800. The first-order valence-electron chi connectivity index (χ1n) is 7.67. The molecule has 1 aromatic heterocycles. The number of piperidine rings is 1. The van der Waals surface area contributed by atoms with Crippen LogP contribution < -0.4 is 5.73 Å². The second-order valence-electron chi connectivity index (χ2n) is 6.02. The number of nitrogens with zero attached hydrogens (tertiary/aromatic N) is 1. The van der Waals surface area contributed by atoms with Gasteiger partial charge >= 0.3 is 0 Å². The summed E-state index contributed by atoms with van der Waals surface area (Å²) in [7, 11) is 0. The normalized spacial score (nSPS) is 21.5. The summed E-state index contributed by atoms with van der Waals surface area (Å²) in [4.78, 5) is 2.51. The third-order valence-electron chi connectivity index (χ3n) is 4.29. The maximum Gasteiger partial charge on any atom is 0.122 e. The SMILES string of the molecule is CCCC1CCN(C(c2ccc(C)o2)C(C)N)CC1. The minimum atomic E-state index is 0.105. The topological polar surface area (TPSA) is 42.4 Å². The van der Waals surface area contributed by atoms with E-state index >= 15 is 0 Å². The van der Waals surface area contributed by atoms with E-state index in [0.29, 0.717) is 0 Å². The van der Waals surface area contributed by atoms with E-state index in [2.05, 4.69) is 24.8 Å². The van der Waals surface area contributed by atoms with Crippen LogP contribution in [0.1, 0.15) is 57.1 Å². The van der Waals surface area contributed by atoms with Gasteiger partial charge in [0.1, 0.15) is 11.5 Å². The summed E-state index contributed by atoms with van der Waals surface area (Å²) in [5, 5.41) is 0. The molecule has 0 saturated carbocycles. The van der Waals surface area contributed by atoms with Crippen LogP contribution in [-0.2, 0) is 0 Å². The third kappa shape index (κ3) is 3.61. The molecular weight excluding hydrogens is 236 g/mol. The van der Waals surface area contributed by atoms with E-state index in [-0.39, 0.29) is 12.1 Å². The Morgan fingerprint density at radius 2 is 2.05 bits per heavy atom. The molecular formula is C16H28N2O. The molecule has 2 N–H and O–H groups in total. The standard InChI is InChI=1S/C16H28N2O/c1-4-5-14-8-10-18(11-9-14)16(13(3)17)15-7-6-12(2)19-15/h6-7,13-14,16H,4-5,8-11,17H2,1-3H3. The maximum atomic E-state index is 6.20. The number of hydrogen-bond acceptors (Lipinski definition) is 3. The Morgan fingerprint density at radius 1 is 1.37 bits per heavy atom. The lowest BCUT2D eigenvalue weighted by Gasteiger charge is -2.38. The van der Waals surface area contributed by atoms with Crippen LogP contribution in [-0.4, -0.2) is 24.0 Å². The third-order valence-corrected chi connectivity index (χ3v) is 4.29. The molecule has 1 saturated heterocycles. The number of furan rings is 1. The summed E-state index contributed by atoms with van der Waals surface area (Å²) in [6.45, 7) is 8.66. The molecule has 0 spiro atoms. The first-order chi connectivity index (χ1) is 9.11. The molecule has 0 aliphatic carbocycles. The molecule has 19 heavy (non-hydrogen) atoms. The van der Waals surface area contributed by atoms with Gasteiger partial charge in [-0.1, -0.05) is 19.8 Å². The fraction of sp³-hybridized carbons (Fsp3) is 0.750. The number of nitrogens with two attached hydrogens (primary N) is 1. The molecule has 2 heterocycles. The van der Waals surface area contributed by atoms with Crippen molar-refractivity contribution in [3.8, 4) is 0 Å². The van der Waals surface area contributed by atoms with Gasteiger partial charge in [-0.3, -0.25) is 4.90 Å². The zero-order chi connectivity index (χ0) is 13.8. The van der Waals surface area contributed by atoms with E-state index in [4.69, 9.17) is 10.2 Å². The highest BCUT2D eigenvalue weighted by Gasteiger charge is 2.30. The Bertz CT molecular complexity index is 378. The molecule has 0 radical (unpaired) electrons. The predicted octanol–water partition coefficient (Wildman–Crippen LogP) is 3.49. The van der Waals surface area contributed by atoms with Crippen LogP contribution in [0, 0.1) is 12.8 Å². The van der Waals surface area contributed by atoms with Crippen molar-refractivity contribution in [3.63, 3.8) is 0 Å². The quantitative estimate of drug-likeness (QED) is 0.885. The molecule has 0 amide bonds. The largest absolute Gasteiger partial charge is 0.465 e. The second-order valence-corrected chi connectivity index (χ2v) is 6.02. The zero-order valence-electron chi connectivity index (χ0n) is 12.6. The van der Waals surface area contributed by atoms with E-state index in [1.807, 2.05) is 13.0 Å². The first kappa shape index (κ1) is 14.6. The van der Waals surface area contributed by atoms with Crippen molar-refractivity contribution in [2.24, 2.45) is 11.7 Å². The lowest BCUT2D eigenvalue weighted by molar-refractivity contribution is 0.101. The van der Waals surface area contributed by atoms with Gasteiger partial charge in [-0.25, -0.2) is 0 Å². The van der Waals surface area contributed by atoms with Crippen molar-refractivity contribution >= 4 is 0 Å². The highest BCUT2D eigenvalue weighted by Crippen LogP contribution is 2.31. The van der Waals surface area contributed by atoms with Crippen molar-refractivity contribution in [3.05, 3.63) is 23.7 Å². The summed E-state index contributed by atoms with van der Waals surface area (Å²) in [5.74, 6) is 2.91. The van der Waals surface area contributed by atoms with Crippen LogP contribution >= 0.6 is 0 Å². The molecule has 108 valence electrons. The van der Waals surface area contributed by atoms with E-state index in [9.17, 15) is 0 Å². The van der Waals surface area contributed by atoms with E-state index < -0.39 is 0 Å². The Labute approximate surface area is 117 Å². The summed E-state index contributed by atoms with van der Waals surface area (Å²) in [6, 6.07) is 4.46. The monoisotopic (exact) mass is 264 g/mol. The van der Waals surface area contributed by atoms with Crippen molar-refractivity contribution in [2.45, 2.75) is 58.5 Å². The summed E-state index contributed by atoms with van der Waals surface area (Å²) >= 11 is 0. The summed E-state index contributed by atoms with van der Waals surface area (Å²) in [5.41, 5.74) is 6.20. The minimum Gasteiger partial charge on any atom is -0.465 e. The van der Waals surface area contributed by atoms with Gasteiger partial charge < -0.3 is 10.2 Å². The number of aryl methyl sites for hydroxylation is 1. The van der Waals surface area contributed by atoms with Gasteiger partial charge in [-0.05, 0) is 57.8 Å². The molecule has 1 aromatic rings. The van der Waals surface area contributed by atoms with Crippen LogP contribution in [0.4, 0.5) is 0 Å². The van der Waals surface area contributed by atoms with Crippen molar-refractivity contribution < 1.29 is 4.42 Å². The summed E-state index contributed by atoms with van der Waals surface area (Å²) in [6.07, 6.45) is 5.28. The Morgan fingerprint density at radius 3 is 2.53 bits per heavy atom. The van der Waals surface area contributed by atoms with Gasteiger partial charge in [0.15, 0.2) is 0 Å². The van der Waals surface area contributed by atoms with E-state index in [1.165, 1.54) is 25.7 Å². The Balaban J connectivity index is 2.01. The van der Waals surface area contributed by atoms with Gasteiger partial charge in [0.05, 0.1) is 6.04 Å². The minimum absolute atomic E-state index is 0.105. The fourth-order valence-electron chi connectivity index (χ4n) is 3.31. The highest BCUT2D eigenvalue weighted by molar-refractivity contribution is 5.12.